The Hall–Kier alpha value is -4.38. The Kier molecular flexibility index (Phi) is 12.6. The number of ether oxygens (including phenoxy) is 2. The highest BCUT2D eigenvalue weighted by atomic mass is 32.1. The van der Waals surface area contributed by atoms with E-state index in [4.69, 9.17) is 9.47 Å². The van der Waals surface area contributed by atoms with Gasteiger partial charge in [0.2, 0.25) is 5.91 Å². The van der Waals surface area contributed by atoms with Gasteiger partial charge in [0.1, 0.15) is 0 Å². The van der Waals surface area contributed by atoms with Crippen LogP contribution in [0.2, 0.25) is 0 Å². The maximum absolute atomic E-state index is 14.5. The van der Waals surface area contributed by atoms with E-state index in [1.807, 2.05) is 35.7 Å². The standard InChI is InChI=1S/C45H51F2NO6S/c1-29-7-5-19-44(2)37(35-14-10-30(23-33(49)13-9-29)24-36(35)43(51)32-12-15-38(46)39(47)27-32)17-20-45(44,52)28-48(21-18-34-8-6-22-55-34)42(50)26-31-11-16-40(53-3)41(25-31)54-4/h6-8,10-12,14-16,22,24-25,27,33,37,49,52H,5,9,13,17-21,23,26,28H2,1-4H3/t33-,37-,44-,45+/m0/s1. The van der Waals surface area contributed by atoms with Gasteiger partial charge in [-0.3, -0.25) is 9.59 Å². The number of thiophene rings is 1. The van der Waals surface area contributed by atoms with Crippen LogP contribution in [0.1, 0.15) is 95.8 Å². The fourth-order valence-electron chi connectivity index (χ4n) is 8.57. The number of aliphatic hydroxyl groups excluding tert-OH is 1. The molecule has 1 heterocycles. The largest absolute Gasteiger partial charge is 0.493 e. The first-order valence-electron chi connectivity index (χ1n) is 19.0. The zero-order chi connectivity index (χ0) is 39.3. The van der Waals surface area contributed by atoms with Gasteiger partial charge in [-0.1, -0.05) is 42.8 Å². The molecular formula is C45H51F2NO6S. The van der Waals surface area contributed by atoms with Crippen LogP contribution in [-0.2, 0) is 24.1 Å². The summed E-state index contributed by atoms with van der Waals surface area (Å²) in [6, 6.07) is 18.2. The third kappa shape index (κ3) is 8.87. The van der Waals surface area contributed by atoms with Crippen molar-refractivity contribution < 1.29 is 38.1 Å². The van der Waals surface area contributed by atoms with Crippen LogP contribution in [0.4, 0.5) is 8.78 Å². The lowest BCUT2D eigenvalue weighted by Crippen LogP contribution is -2.54. The molecule has 3 aliphatic rings. The van der Waals surface area contributed by atoms with E-state index in [0.29, 0.717) is 80.5 Å². The number of halogens is 2. The van der Waals surface area contributed by atoms with Crippen molar-refractivity contribution in [1.82, 2.24) is 4.90 Å². The SMILES string of the molecule is COc1ccc(CC(=O)N(CCc2cccs2)C[C@]2(O)CC[C@H]3c4ccc(cc4C(=O)c4ccc(F)c(F)c4)C[C@@H](O)CCC(C)=CCC[C@@]32C)cc1OC. The molecule has 1 aromatic heterocycles. The molecule has 1 amide bonds. The van der Waals surface area contributed by atoms with Gasteiger partial charge in [-0.05, 0) is 129 Å². The molecule has 1 saturated carbocycles. The highest BCUT2D eigenvalue weighted by Gasteiger charge is 2.57. The number of carbonyl (C=O) groups excluding carboxylic acids is 2. The highest BCUT2D eigenvalue weighted by Crippen LogP contribution is 2.59. The predicted octanol–water partition coefficient (Wildman–Crippen LogP) is 8.63. The monoisotopic (exact) mass is 771 g/mol. The van der Waals surface area contributed by atoms with Gasteiger partial charge in [-0.2, -0.15) is 0 Å². The van der Waals surface area contributed by atoms with Gasteiger partial charge < -0.3 is 24.6 Å². The van der Waals surface area contributed by atoms with E-state index >= 15 is 0 Å². The number of amides is 1. The molecular weight excluding hydrogens is 721 g/mol. The molecule has 1 fully saturated rings. The molecule has 7 nitrogen and oxygen atoms in total. The number of fused-ring (bicyclic) bond motifs is 8. The third-order valence-electron chi connectivity index (χ3n) is 11.9. The van der Waals surface area contributed by atoms with E-state index in [-0.39, 0.29) is 30.4 Å². The van der Waals surface area contributed by atoms with Crippen molar-refractivity contribution in [2.45, 2.75) is 89.3 Å². The van der Waals surface area contributed by atoms with Crippen LogP contribution >= 0.6 is 11.3 Å². The van der Waals surface area contributed by atoms with Crippen LogP contribution in [0.5, 0.6) is 11.5 Å². The van der Waals surface area contributed by atoms with E-state index in [1.165, 1.54) is 6.07 Å². The Morgan fingerprint density at radius 2 is 1.76 bits per heavy atom. The normalized spacial score (nSPS) is 22.7. The fraction of sp³-hybridized carbons (Fsp3) is 0.422. The van der Waals surface area contributed by atoms with Crippen LogP contribution in [-0.4, -0.2) is 65.8 Å². The van der Waals surface area contributed by atoms with E-state index in [1.54, 1.807) is 48.7 Å². The summed E-state index contributed by atoms with van der Waals surface area (Å²) in [7, 11) is 3.12. The van der Waals surface area contributed by atoms with E-state index in [2.05, 4.69) is 19.9 Å². The molecule has 0 aliphatic heterocycles. The summed E-state index contributed by atoms with van der Waals surface area (Å²) >= 11 is 1.63. The van der Waals surface area contributed by atoms with Gasteiger partial charge >= 0.3 is 0 Å². The number of ketones is 1. The molecule has 7 rings (SSSR count). The zero-order valence-corrected chi connectivity index (χ0v) is 32.9. The average Bonchev–Trinajstić information content (AvgIpc) is 3.78. The summed E-state index contributed by atoms with van der Waals surface area (Å²) in [5, 5.41) is 26.0. The summed E-state index contributed by atoms with van der Waals surface area (Å²) in [6.45, 7) is 4.63. The first-order chi connectivity index (χ1) is 26.3. The van der Waals surface area contributed by atoms with Crippen LogP contribution in [0.15, 0.2) is 83.8 Å². The van der Waals surface area contributed by atoms with Crippen molar-refractivity contribution in [3.05, 3.63) is 128 Å². The Labute approximate surface area is 326 Å². The summed E-state index contributed by atoms with van der Waals surface area (Å²) < 4.78 is 39.3. The minimum absolute atomic E-state index is 0.0213. The zero-order valence-electron chi connectivity index (χ0n) is 32.1. The first kappa shape index (κ1) is 40.3. The van der Waals surface area contributed by atoms with Crippen molar-refractivity contribution in [3.8, 4) is 11.5 Å². The van der Waals surface area contributed by atoms with Gasteiger partial charge in [0.05, 0.1) is 32.3 Å². The minimum atomic E-state index is -1.34. The summed E-state index contributed by atoms with van der Waals surface area (Å²) in [5.74, 6) is -1.94. The third-order valence-corrected chi connectivity index (χ3v) is 12.9. The second kappa shape index (κ2) is 17.2. The molecule has 4 atom stereocenters. The lowest BCUT2D eigenvalue weighted by Gasteiger charge is -2.46. The quantitative estimate of drug-likeness (QED) is 0.117. The molecule has 0 spiro atoms. The molecule has 2 N–H and O–H groups in total. The molecule has 0 saturated heterocycles. The lowest BCUT2D eigenvalue weighted by atomic mass is 9.64. The molecule has 0 unspecified atom stereocenters. The Bertz CT molecular complexity index is 2030. The second-order valence-corrected chi connectivity index (χ2v) is 16.4. The summed E-state index contributed by atoms with van der Waals surface area (Å²) in [6.07, 6.45) is 6.00. The van der Waals surface area contributed by atoms with Crippen LogP contribution in [0.3, 0.4) is 0 Å². The molecule has 4 aromatic rings. The van der Waals surface area contributed by atoms with Crippen molar-refractivity contribution >= 4 is 23.0 Å². The van der Waals surface area contributed by atoms with Gasteiger partial charge in [-0.25, -0.2) is 8.78 Å². The topological polar surface area (TPSA) is 96.3 Å². The maximum Gasteiger partial charge on any atom is 0.227 e. The average molecular weight is 772 g/mol. The van der Waals surface area contributed by atoms with E-state index in [9.17, 15) is 28.6 Å². The van der Waals surface area contributed by atoms with Gasteiger partial charge in [0.15, 0.2) is 28.9 Å². The number of allylic oxidation sites excluding steroid dienone is 2. The van der Waals surface area contributed by atoms with Gasteiger partial charge in [0.25, 0.3) is 0 Å². The number of methoxy groups -OCH3 is 2. The molecule has 0 radical (unpaired) electrons. The van der Waals surface area contributed by atoms with E-state index in [0.717, 1.165) is 33.7 Å². The van der Waals surface area contributed by atoms with Crippen molar-refractivity contribution in [1.29, 1.82) is 0 Å². The Morgan fingerprint density at radius 1 is 0.964 bits per heavy atom. The molecule has 10 heteroatoms. The number of nitrogens with zero attached hydrogens (tertiary/aromatic N) is 1. The molecule has 2 bridgehead atoms. The summed E-state index contributed by atoms with van der Waals surface area (Å²) in [5.41, 5.74) is 1.62. The van der Waals surface area contributed by atoms with Crippen molar-refractivity contribution in [3.63, 3.8) is 0 Å². The van der Waals surface area contributed by atoms with Crippen LogP contribution in [0.25, 0.3) is 0 Å². The van der Waals surface area contributed by atoms with Crippen LogP contribution < -0.4 is 9.47 Å². The fourth-order valence-corrected chi connectivity index (χ4v) is 9.27. The molecule has 55 heavy (non-hydrogen) atoms. The van der Waals surface area contributed by atoms with Crippen molar-refractivity contribution in [2.75, 3.05) is 27.3 Å². The number of benzene rings is 3. The number of hydrogen-bond donors (Lipinski definition) is 2. The van der Waals surface area contributed by atoms with Gasteiger partial charge in [0, 0.05) is 34.5 Å². The van der Waals surface area contributed by atoms with Crippen molar-refractivity contribution in [2.24, 2.45) is 5.41 Å². The molecule has 292 valence electrons. The van der Waals surface area contributed by atoms with Gasteiger partial charge in [-0.15, -0.1) is 11.3 Å². The maximum atomic E-state index is 14.5. The Morgan fingerprint density at radius 3 is 2.49 bits per heavy atom. The Balaban J connectivity index is 1.40. The second-order valence-electron chi connectivity index (χ2n) is 15.4. The number of aliphatic hydroxyl groups is 2. The van der Waals surface area contributed by atoms with E-state index < -0.39 is 34.5 Å². The smallest absolute Gasteiger partial charge is 0.227 e. The highest BCUT2D eigenvalue weighted by molar-refractivity contribution is 7.09. The molecule has 3 aliphatic carbocycles. The predicted molar refractivity (Wildman–Crippen MR) is 211 cm³/mol. The first-order valence-corrected chi connectivity index (χ1v) is 19.9. The van der Waals surface area contributed by atoms with Crippen LogP contribution in [0, 0.1) is 17.0 Å². The summed E-state index contributed by atoms with van der Waals surface area (Å²) in [4.78, 5) is 31.5. The number of carbonyl (C=O) groups is 2. The minimum Gasteiger partial charge on any atom is -0.493 e. The number of rotatable bonds is 11. The number of hydrogen-bond acceptors (Lipinski definition) is 7. The lowest BCUT2D eigenvalue weighted by molar-refractivity contribution is -0.139. The molecule has 3 aromatic carbocycles.